The Morgan fingerprint density at radius 3 is 2.82 bits per heavy atom. The van der Waals surface area contributed by atoms with Crippen LogP contribution in [0, 0.1) is 12.7 Å². The summed E-state index contributed by atoms with van der Waals surface area (Å²) >= 11 is 3.23. The van der Waals surface area contributed by atoms with E-state index >= 15 is 0 Å². The molecule has 0 fully saturated rings. The Morgan fingerprint density at radius 2 is 2.12 bits per heavy atom. The second-order valence-electron chi connectivity index (χ2n) is 3.39. The molecule has 88 valence electrons. The van der Waals surface area contributed by atoms with Gasteiger partial charge in [-0.3, -0.25) is 0 Å². The average molecular weight is 298 g/mol. The molecular formula is C11H9BrFN3O. The Balaban J connectivity index is 2.35. The Morgan fingerprint density at radius 1 is 1.35 bits per heavy atom. The molecule has 1 heterocycles. The van der Waals surface area contributed by atoms with E-state index in [1.54, 1.807) is 6.92 Å². The first-order chi connectivity index (χ1) is 8.08. The number of aryl methyl sites for hydroxylation is 1. The highest BCUT2D eigenvalue weighted by Crippen LogP contribution is 2.31. The number of nitrogen functional groups attached to an aromatic ring is 1. The van der Waals surface area contributed by atoms with Gasteiger partial charge in [-0.25, -0.2) is 14.4 Å². The first kappa shape index (κ1) is 11.8. The maximum absolute atomic E-state index is 12.9. The summed E-state index contributed by atoms with van der Waals surface area (Å²) in [6, 6.07) is 4.24. The molecule has 0 bridgehead atoms. The second kappa shape index (κ2) is 4.67. The van der Waals surface area contributed by atoms with Gasteiger partial charge in [0.25, 0.3) is 0 Å². The maximum Gasteiger partial charge on any atom is 0.238 e. The van der Waals surface area contributed by atoms with E-state index in [-0.39, 0.29) is 11.6 Å². The number of anilines is 1. The standard InChI is InChI=1S/C11H9BrFN3O/c1-6-4-7(13)2-3-8(6)17-11-9(12)10(14)15-5-16-11/h2-5H,1H3,(H2,14,15,16). The van der Waals surface area contributed by atoms with Gasteiger partial charge < -0.3 is 10.5 Å². The minimum Gasteiger partial charge on any atom is -0.437 e. The SMILES string of the molecule is Cc1cc(F)ccc1Oc1ncnc(N)c1Br. The van der Waals surface area contributed by atoms with Crippen LogP contribution in [0.1, 0.15) is 5.56 Å². The number of nitrogens with two attached hydrogens (primary N) is 1. The summed E-state index contributed by atoms with van der Waals surface area (Å²) in [4.78, 5) is 7.74. The average Bonchev–Trinajstić information content (AvgIpc) is 2.28. The lowest BCUT2D eigenvalue weighted by atomic mass is 10.2. The largest absolute Gasteiger partial charge is 0.437 e. The molecule has 0 saturated heterocycles. The van der Waals surface area contributed by atoms with E-state index in [9.17, 15) is 4.39 Å². The summed E-state index contributed by atoms with van der Waals surface area (Å²) in [5, 5.41) is 0. The lowest BCUT2D eigenvalue weighted by Gasteiger charge is -2.09. The van der Waals surface area contributed by atoms with Gasteiger partial charge in [0.1, 0.15) is 28.2 Å². The van der Waals surface area contributed by atoms with Crippen LogP contribution in [-0.4, -0.2) is 9.97 Å². The summed E-state index contributed by atoms with van der Waals surface area (Å²) in [6.07, 6.45) is 1.30. The second-order valence-corrected chi connectivity index (χ2v) is 4.18. The Hall–Kier alpha value is -1.69. The van der Waals surface area contributed by atoms with Gasteiger partial charge in [-0.1, -0.05) is 0 Å². The monoisotopic (exact) mass is 297 g/mol. The highest BCUT2D eigenvalue weighted by Gasteiger charge is 2.10. The van der Waals surface area contributed by atoms with Crippen LogP contribution >= 0.6 is 15.9 Å². The first-order valence-corrected chi connectivity index (χ1v) is 5.57. The molecule has 6 heteroatoms. The van der Waals surface area contributed by atoms with Gasteiger partial charge in [-0.2, -0.15) is 0 Å². The molecule has 0 radical (unpaired) electrons. The highest BCUT2D eigenvalue weighted by atomic mass is 79.9. The van der Waals surface area contributed by atoms with Crippen LogP contribution in [0.15, 0.2) is 29.0 Å². The smallest absolute Gasteiger partial charge is 0.238 e. The van der Waals surface area contributed by atoms with Crippen LogP contribution in [0.3, 0.4) is 0 Å². The quantitative estimate of drug-likeness (QED) is 0.925. The number of ether oxygens (including phenoxy) is 1. The molecule has 0 atom stereocenters. The van der Waals surface area contributed by atoms with Crippen molar-refractivity contribution in [2.75, 3.05) is 5.73 Å². The van der Waals surface area contributed by atoms with Crippen LogP contribution in [0.4, 0.5) is 10.2 Å². The minimum atomic E-state index is -0.309. The van der Waals surface area contributed by atoms with Crippen molar-refractivity contribution < 1.29 is 9.13 Å². The van der Waals surface area contributed by atoms with Crippen LogP contribution < -0.4 is 10.5 Å². The van der Waals surface area contributed by atoms with E-state index in [2.05, 4.69) is 25.9 Å². The molecule has 2 N–H and O–H groups in total. The van der Waals surface area contributed by atoms with Crippen LogP contribution in [0.2, 0.25) is 0 Å². The molecular weight excluding hydrogens is 289 g/mol. The molecule has 0 spiro atoms. The predicted octanol–water partition coefficient (Wildman–Crippen LogP) is 3.06. The molecule has 0 unspecified atom stereocenters. The first-order valence-electron chi connectivity index (χ1n) is 4.78. The third kappa shape index (κ3) is 2.52. The van der Waals surface area contributed by atoms with E-state index in [0.717, 1.165) is 0 Å². The van der Waals surface area contributed by atoms with Crippen molar-refractivity contribution in [2.45, 2.75) is 6.92 Å². The number of halogens is 2. The van der Waals surface area contributed by atoms with E-state index in [1.807, 2.05) is 0 Å². The van der Waals surface area contributed by atoms with Gasteiger partial charge in [0, 0.05) is 0 Å². The van der Waals surface area contributed by atoms with Gasteiger partial charge in [0.05, 0.1) is 0 Å². The maximum atomic E-state index is 12.9. The molecule has 0 aliphatic carbocycles. The zero-order chi connectivity index (χ0) is 12.4. The third-order valence-electron chi connectivity index (χ3n) is 2.13. The normalized spacial score (nSPS) is 10.3. The number of benzene rings is 1. The summed E-state index contributed by atoms with van der Waals surface area (Å²) < 4.78 is 18.9. The van der Waals surface area contributed by atoms with E-state index in [0.29, 0.717) is 21.7 Å². The highest BCUT2D eigenvalue weighted by molar-refractivity contribution is 9.10. The van der Waals surface area contributed by atoms with Crippen molar-refractivity contribution in [2.24, 2.45) is 0 Å². The number of rotatable bonds is 2. The van der Waals surface area contributed by atoms with Crippen molar-refractivity contribution in [1.82, 2.24) is 9.97 Å². The van der Waals surface area contributed by atoms with E-state index < -0.39 is 0 Å². The summed E-state index contributed by atoms with van der Waals surface area (Å²) in [5.74, 6) is 0.795. The fraction of sp³-hybridized carbons (Fsp3) is 0.0909. The summed E-state index contributed by atoms with van der Waals surface area (Å²) in [7, 11) is 0. The topological polar surface area (TPSA) is 61.0 Å². The summed E-state index contributed by atoms with van der Waals surface area (Å²) in [6.45, 7) is 1.75. The molecule has 0 aliphatic heterocycles. The van der Waals surface area contributed by atoms with Gasteiger partial charge >= 0.3 is 0 Å². The third-order valence-corrected chi connectivity index (χ3v) is 2.87. The number of aromatic nitrogens is 2. The predicted molar refractivity (Wildman–Crippen MR) is 65.4 cm³/mol. The van der Waals surface area contributed by atoms with Crippen molar-refractivity contribution in [3.8, 4) is 11.6 Å². The molecule has 2 aromatic rings. The van der Waals surface area contributed by atoms with Gasteiger partial charge in [0.15, 0.2) is 0 Å². The Bertz CT molecular complexity index is 562. The fourth-order valence-corrected chi connectivity index (χ4v) is 1.55. The Kier molecular flexibility index (Phi) is 3.23. The molecule has 17 heavy (non-hydrogen) atoms. The number of hydrogen-bond donors (Lipinski definition) is 1. The van der Waals surface area contributed by atoms with Crippen LogP contribution in [-0.2, 0) is 0 Å². The minimum absolute atomic E-state index is 0.287. The molecule has 0 aliphatic rings. The van der Waals surface area contributed by atoms with E-state index in [4.69, 9.17) is 10.5 Å². The van der Waals surface area contributed by atoms with Gasteiger partial charge in [-0.15, -0.1) is 0 Å². The molecule has 0 amide bonds. The van der Waals surface area contributed by atoms with Crippen molar-refractivity contribution >= 4 is 21.7 Å². The molecule has 1 aromatic heterocycles. The van der Waals surface area contributed by atoms with Crippen molar-refractivity contribution in [3.63, 3.8) is 0 Å². The van der Waals surface area contributed by atoms with E-state index in [1.165, 1.54) is 24.5 Å². The van der Waals surface area contributed by atoms with Gasteiger partial charge in [-0.05, 0) is 46.6 Å². The number of hydrogen-bond acceptors (Lipinski definition) is 4. The molecule has 4 nitrogen and oxygen atoms in total. The zero-order valence-corrected chi connectivity index (χ0v) is 10.5. The van der Waals surface area contributed by atoms with Crippen molar-refractivity contribution in [1.29, 1.82) is 0 Å². The fourth-order valence-electron chi connectivity index (χ4n) is 1.27. The lowest BCUT2D eigenvalue weighted by Crippen LogP contribution is -1.97. The lowest BCUT2D eigenvalue weighted by molar-refractivity contribution is 0.453. The zero-order valence-electron chi connectivity index (χ0n) is 8.95. The van der Waals surface area contributed by atoms with Crippen LogP contribution in [0.25, 0.3) is 0 Å². The van der Waals surface area contributed by atoms with Crippen LogP contribution in [0.5, 0.6) is 11.6 Å². The Labute approximate surface area is 106 Å². The van der Waals surface area contributed by atoms with Crippen molar-refractivity contribution in [3.05, 3.63) is 40.4 Å². The van der Waals surface area contributed by atoms with Gasteiger partial charge in [0.2, 0.25) is 5.88 Å². The molecule has 2 rings (SSSR count). The summed E-state index contributed by atoms with van der Waals surface area (Å²) in [5.41, 5.74) is 6.27. The number of nitrogens with zero attached hydrogens (tertiary/aromatic N) is 2. The molecule has 1 aromatic carbocycles. The molecule has 0 saturated carbocycles.